The van der Waals surface area contributed by atoms with E-state index in [0.717, 1.165) is 12.8 Å². The minimum Gasteiger partial charge on any atom is -0.493 e. The van der Waals surface area contributed by atoms with Gasteiger partial charge in [0.2, 0.25) is 0 Å². The second-order valence-electron chi connectivity index (χ2n) is 7.36. The van der Waals surface area contributed by atoms with Crippen LogP contribution >= 0.6 is 0 Å². The van der Waals surface area contributed by atoms with Crippen molar-refractivity contribution in [3.05, 3.63) is 29.8 Å². The van der Waals surface area contributed by atoms with E-state index in [2.05, 4.69) is 0 Å². The molecule has 1 aromatic carbocycles. The summed E-state index contributed by atoms with van der Waals surface area (Å²) in [6.45, 7) is 9.09. The first-order chi connectivity index (χ1) is 11.3. The van der Waals surface area contributed by atoms with Gasteiger partial charge in [-0.2, -0.15) is 0 Å². The highest BCUT2D eigenvalue weighted by Crippen LogP contribution is 2.24. The molecule has 0 saturated carbocycles. The first-order valence-electron chi connectivity index (χ1n) is 8.47. The molecule has 1 aromatic rings. The quantitative estimate of drug-likeness (QED) is 0.772. The summed E-state index contributed by atoms with van der Waals surface area (Å²) in [5, 5.41) is 1.74. The van der Waals surface area contributed by atoms with Gasteiger partial charge in [-0.3, -0.25) is 4.79 Å². The fraction of sp³-hybridized carbons (Fsp3) is 0.579. The lowest BCUT2D eigenvalue weighted by molar-refractivity contribution is -0.206. The molecule has 0 spiro atoms. The third kappa shape index (κ3) is 5.06. The van der Waals surface area contributed by atoms with Gasteiger partial charge in [-0.25, -0.2) is 4.79 Å². The lowest BCUT2D eigenvalue weighted by atomic mass is 9.97. The van der Waals surface area contributed by atoms with E-state index in [1.807, 2.05) is 39.0 Å². The van der Waals surface area contributed by atoms with Crippen molar-refractivity contribution in [1.82, 2.24) is 5.06 Å². The molecule has 1 fully saturated rings. The van der Waals surface area contributed by atoms with Crippen LogP contribution in [-0.2, 0) is 9.63 Å². The van der Waals surface area contributed by atoms with Crippen LogP contribution < -0.4 is 4.74 Å². The number of hydroxylamine groups is 2. The average molecular weight is 333 g/mol. The van der Waals surface area contributed by atoms with E-state index in [4.69, 9.17) is 9.57 Å². The molecule has 1 saturated heterocycles. The maximum atomic E-state index is 11.9. The molecule has 0 amide bonds. The smallest absolute Gasteiger partial charge is 0.330 e. The third-order valence-electron chi connectivity index (χ3n) is 4.14. The first-order valence-corrected chi connectivity index (χ1v) is 8.47. The molecule has 1 heterocycles. The van der Waals surface area contributed by atoms with Gasteiger partial charge >= 0.3 is 5.97 Å². The molecule has 5 nitrogen and oxygen atoms in total. The zero-order valence-corrected chi connectivity index (χ0v) is 15.0. The van der Waals surface area contributed by atoms with Crippen molar-refractivity contribution in [2.45, 2.75) is 40.5 Å². The van der Waals surface area contributed by atoms with Gasteiger partial charge in [0.1, 0.15) is 5.75 Å². The predicted molar refractivity (Wildman–Crippen MR) is 91.8 cm³/mol. The van der Waals surface area contributed by atoms with Crippen molar-refractivity contribution < 1.29 is 19.2 Å². The second kappa shape index (κ2) is 7.79. The van der Waals surface area contributed by atoms with Gasteiger partial charge in [0.25, 0.3) is 0 Å². The number of carbonyl (C=O) groups excluding carboxylic acids is 2. The monoisotopic (exact) mass is 333 g/mol. The van der Waals surface area contributed by atoms with Gasteiger partial charge in [0, 0.05) is 13.1 Å². The van der Waals surface area contributed by atoms with Gasteiger partial charge in [0.15, 0.2) is 5.78 Å². The Morgan fingerprint density at radius 3 is 2.38 bits per heavy atom. The largest absolute Gasteiger partial charge is 0.493 e. The molecule has 0 bridgehead atoms. The number of para-hydroxylation sites is 1. The number of carbonyl (C=O) groups is 2. The fourth-order valence-electron chi connectivity index (χ4n) is 2.51. The highest BCUT2D eigenvalue weighted by atomic mass is 16.7. The molecule has 0 aliphatic carbocycles. The topological polar surface area (TPSA) is 55.8 Å². The van der Waals surface area contributed by atoms with Gasteiger partial charge in [-0.1, -0.05) is 12.1 Å². The summed E-state index contributed by atoms with van der Waals surface area (Å²) >= 11 is 0. The van der Waals surface area contributed by atoms with Crippen LogP contribution in [0.2, 0.25) is 0 Å². The second-order valence-corrected chi connectivity index (χ2v) is 7.36. The Morgan fingerprint density at radius 1 is 1.17 bits per heavy atom. The minimum atomic E-state index is -0.490. The van der Waals surface area contributed by atoms with E-state index in [0.29, 0.717) is 36.9 Å². The molecule has 132 valence electrons. The number of ketones is 1. The average Bonchev–Trinajstić information content (AvgIpc) is 2.53. The molecular formula is C19H27NO4. The Morgan fingerprint density at radius 2 is 1.79 bits per heavy atom. The Balaban J connectivity index is 1.80. The van der Waals surface area contributed by atoms with Crippen LogP contribution in [0.15, 0.2) is 24.3 Å². The molecule has 24 heavy (non-hydrogen) atoms. The van der Waals surface area contributed by atoms with E-state index in [-0.39, 0.29) is 11.8 Å². The summed E-state index contributed by atoms with van der Waals surface area (Å²) in [6.07, 6.45) is 1.80. The molecule has 0 radical (unpaired) electrons. The van der Waals surface area contributed by atoms with Crippen molar-refractivity contribution in [2.24, 2.45) is 11.3 Å². The number of nitrogens with zero attached hydrogens (tertiary/aromatic N) is 1. The normalized spacial score (nSPS) is 16.7. The Hall–Kier alpha value is -1.88. The zero-order chi connectivity index (χ0) is 17.7. The Labute approximate surface area is 143 Å². The lowest BCUT2D eigenvalue weighted by Crippen LogP contribution is -2.39. The molecule has 0 N–H and O–H groups in total. The number of piperidine rings is 1. The molecule has 1 aliphatic heterocycles. The highest BCUT2D eigenvalue weighted by molar-refractivity contribution is 5.96. The van der Waals surface area contributed by atoms with Crippen LogP contribution in [0.4, 0.5) is 0 Å². The summed E-state index contributed by atoms with van der Waals surface area (Å²) in [5.74, 6) is 0.850. The molecule has 5 heteroatoms. The van der Waals surface area contributed by atoms with Crippen LogP contribution in [-0.4, -0.2) is 36.5 Å². The summed E-state index contributed by atoms with van der Waals surface area (Å²) in [4.78, 5) is 28.9. The molecule has 1 aliphatic rings. The Kier molecular flexibility index (Phi) is 5.99. The van der Waals surface area contributed by atoms with Crippen LogP contribution in [0.25, 0.3) is 0 Å². The highest BCUT2D eigenvalue weighted by Gasteiger charge is 2.28. The SMILES string of the molecule is CC(=O)c1ccccc1OCC1CCN(OC(=O)C(C)(C)C)CC1. The van der Waals surface area contributed by atoms with Crippen molar-refractivity contribution >= 4 is 11.8 Å². The number of ether oxygens (including phenoxy) is 1. The van der Waals surface area contributed by atoms with E-state index < -0.39 is 5.41 Å². The fourth-order valence-corrected chi connectivity index (χ4v) is 2.51. The number of Topliss-reactive ketones (excluding diaryl/α,β-unsaturated/α-hetero) is 1. The van der Waals surface area contributed by atoms with Gasteiger partial charge in [-0.15, -0.1) is 5.06 Å². The lowest BCUT2D eigenvalue weighted by Gasteiger charge is -2.32. The first kappa shape index (κ1) is 18.5. The van der Waals surface area contributed by atoms with Crippen LogP contribution in [0.3, 0.4) is 0 Å². The van der Waals surface area contributed by atoms with Crippen molar-refractivity contribution in [3.8, 4) is 5.75 Å². The molecular weight excluding hydrogens is 306 g/mol. The van der Waals surface area contributed by atoms with Gasteiger partial charge < -0.3 is 9.57 Å². The molecule has 0 unspecified atom stereocenters. The Bertz CT molecular complexity index is 583. The van der Waals surface area contributed by atoms with Crippen molar-refractivity contribution in [2.75, 3.05) is 19.7 Å². The van der Waals surface area contributed by atoms with E-state index in [9.17, 15) is 9.59 Å². The molecule has 0 atom stereocenters. The number of benzene rings is 1. The van der Waals surface area contributed by atoms with E-state index in [1.54, 1.807) is 18.1 Å². The molecule has 0 aromatic heterocycles. The number of rotatable bonds is 5. The maximum Gasteiger partial charge on any atom is 0.330 e. The van der Waals surface area contributed by atoms with E-state index in [1.165, 1.54) is 0 Å². The van der Waals surface area contributed by atoms with Crippen LogP contribution in [0.1, 0.15) is 50.9 Å². The minimum absolute atomic E-state index is 0.00881. The van der Waals surface area contributed by atoms with Crippen molar-refractivity contribution in [1.29, 1.82) is 0 Å². The molecule has 2 rings (SSSR count). The maximum absolute atomic E-state index is 11.9. The van der Waals surface area contributed by atoms with Gasteiger partial charge in [-0.05, 0) is 58.6 Å². The van der Waals surface area contributed by atoms with Gasteiger partial charge in [0.05, 0.1) is 17.6 Å². The summed E-state index contributed by atoms with van der Waals surface area (Å²) in [5.41, 5.74) is 0.130. The number of hydrogen-bond donors (Lipinski definition) is 0. The standard InChI is InChI=1S/C19H27NO4/c1-14(21)16-7-5-6-8-17(16)23-13-15-9-11-20(12-10-15)24-18(22)19(2,3)4/h5-8,15H,9-13H2,1-4H3. The summed E-state index contributed by atoms with van der Waals surface area (Å²) in [6, 6.07) is 7.32. The predicted octanol–water partition coefficient (Wildman–Crippen LogP) is 3.48. The van der Waals surface area contributed by atoms with Crippen molar-refractivity contribution in [3.63, 3.8) is 0 Å². The van der Waals surface area contributed by atoms with Crippen LogP contribution in [0, 0.1) is 11.3 Å². The third-order valence-corrected chi connectivity index (χ3v) is 4.14. The summed E-state index contributed by atoms with van der Waals surface area (Å²) in [7, 11) is 0. The van der Waals surface area contributed by atoms with Crippen LogP contribution in [0.5, 0.6) is 5.75 Å². The van der Waals surface area contributed by atoms with E-state index >= 15 is 0 Å². The number of hydrogen-bond acceptors (Lipinski definition) is 5. The summed E-state index contributed by atoms with van der Waals surface area (Å²) < 4.78 is 5.86. The zero-order valence-electron chi connectivity index (χ0n) is 15.0.